The molecule has 1 aliphatic heterocycles. The molecule has 0 aliphatic carbocycles. The van der Waals surface area contributed by atoms with Gasteiger partial charge in [-0.2, -0.15) is 0 Å². The maximum absolute atomic E-state index is 12.8. The molecule has 1 amide bonds. The van der Waals surface area contributed by atoms with Crippen molar-refractivity contribution in [3.05, 3.63) is 65.7 Å². The zero-order valence-corrected chi connectivity index (χ0v) is 15.5. The number of halogens is 1. The van der Waals surface area contributed by atoms with Gasteiger partial charge in [-0.25, -0.2) is 0 Å². The number of para-hydroxylation sites is 1. The highest BCUT2D eigenvalue weighted by molar-refractivity contribution is 6.32. The summed E-state index contributed by atoms with van der Waals surface area (Å²) >= 11 is 6.15. The molecule has 126 valence electrons. The van der Waals surface area contributed by atoms with E-state index in [4.69, 9.17) is 11.6 Å². The molecule has 0 spiro atoms. The minimum atomic E-state index is -0.543. The molecule has 2 atom stereocenters. The summed E-state index contributed by atoms with van der Waals surface area (Å²) in [6.07, 6.45) is 0.844. The summed E-state index contributed by atoms with van der Waals surface area (Å²) in [5, 5.41) is -0.543. The van der Waals surface area contributed by atoms with E-state index in [1.807, 2.05) is 29.2 Å². The number of anilines is 1. The predicted octanol–water partition coefficient (Wildman–Crippen LogP) is 5.14. The fourth-order valence-corrected chi connectivity index (χ4v) is 4.26. The van der Waals surface area contributed by atoms with Crippen molar-refractivity contribution in [2.75, 3.05) is 4.90 Å². The highest BCUT2D eigenvalue weighted by Gasteiger charge is 2.48. The molecular weight excluding hydrogens is 318 g/mol. The van der Waals surface area contributed by atoms with Crippen LogP contribution in [-0.4, -0.2) is 16.8 Å². The number of hydrogen-bond donors (Lipinski definition) is 0. The quantitative estimate of drug-likeness (QED) is 0.693. The van der Waals surface area contributed by atoms with Crippen molar-refractivity contribution >= 4 is 23.2 Å². The van der Waals surface area contributed by atoms with E-state index in [2.05, 4.69) is 51.1 Å². The predicted molar refractivity (Wildman–Crippen MR) is 101 cm³/mol. The molecule has 2 aromatic carbocycles. The lowest BCUT2D eigenvalue weighted by Crippen LogP contribution is -2.57. The largest absolute Gasteiger partial charge is 0.305 e. The summed E-state index contributed by atoms with van der Waals surface area (Å²) in [6.45, 7) is 8.27. The fraction of sp³-hybridized carbons (Fsp3) is 0.381. The lowest BCUT2D eigenvalue weighted by Gasteiger charge is -2.51. The van der Waals surface area contributed by atoms with E-state index in [1.165, 1.54) is 11.1 Å². The van der Waals surface area contributed by atoms with Crippen LogP contribution < -0.4 is 4.90 Å². The summed E-state index contributed by atoms with van der Waals surface area (Å²) in [5.41, 5.74) is 2.96. The number of alkyl halides is 1. The van der Waals surface area contributed by atoms with Crippen LogP contribution in [0.15, 0.2) is 54.6 Å². The first-order valence-electron chi connectivity index (χ1n) is 8.40. The molecule has 0 radical (unpaired) electrons. The number of carbonyl (C=O) groups is 1. The van der Waals surface area contributed by atoms with E-state index in [0.717, 1.165) is 12.1 Å². The molecule has 0 N–H and O–H groups in total. The Labute approximate surface area is 149 Å². The van der Waals surface area contributed by atoms with E-state index >= 15 is 0 Å². The summed E-state index contributed by atoms with van der Waals surface area (Å²) in [5.74, 6) is -0.0378. The van der Waals surface area contributed by atoms with Gasteiger partial charge >= 0.3 is 0 Å². The molecule has 1 aliphatic rings. The first-order valence-corrected chi connectivity index (χ1v) is 8.84. The molecule has 3 rings (SSSR count). The molecule has 1 heterocycles. The number of benzene rings is 2. The van der Waals surface area contributed by atoms with Crippen LogP contribution in [0.3, 0.4) is 0 Å². The third-order valence-corrected chi connectivity index (χ3v) is 5.29. The fourth-order valence-electron chi connectivity index (χ4n) is 4.16. The van der Waals surface area contributed by atoms with Crippen LogP contribution in [0.4, 0.5) is 5.69 Å². The summed E-state index contributed by atoms with van der Waals surface area (Å²) in [4.78, 5) is 14.7. The first kappa shape index (κ1) is 17.0. The molecule has 0 saturated carbocycles. The van der Waals surface area contributed by atoms with Crippen LogP contribution in [0, 0.1) is 0 Å². The number of nitrogens with zero attached hydrogens (tertiary/aromatic N) is 1. The topological polar surface area (TPSA) is 20.3 Å². The summed E-state index contributed by atoms with van der Waals surface area (Å²) in [7, 11) is 0. The van der Waals surface area contributed by atoms with Crippen LogP contribution in [0.25, 0.3) is 0 Å². The van der Waals surface area contributed by atoms with Gasteiger partial charge in [-0.1, -0.05) is 55.5 Å². The van der Waals surface area contributed by atoms with E-state index in [9.17, 15) is 4.79 Å². The van der Waals surface area contributed by atoms with Gasteiger partial charge in [0, 0.05) is 16.6 Å². The molecule has 0 aromatic heterocycles. The van der Waals surface area contributed by atoms with Crippen LogP contribution >= 0.6 is 11.6 Å². The van der Waals surface area contributed by atoms with Crippen LogP contribution in [0.2, 0.25) is 0 Å². The Morgan fingerprint density at radius 2 is 1.62 bits per heavy atom. The zero-order valence-electron chi connectivity index (χ0n) is 14.7. The third-order valence-electron chi connectivity index (χ3n) is 5.10. The maximum Gasteiger partial charge on any atom is 0.245 e. The van der Waals surface area contributed by atoms with Gasteiger partial charge in [-0.3, -0.25) is 4.79 Å². The second kappa shape index (κ2) is 5.93. The van der Waals surface area contributed by atoms with Gasteiger partial charge in [0.05, 0.1) is 0 Å². The number of carbonyl (C=O) groups excluding carboxylic acids is 1. The standard InChI is InChI=1S/C21H24ClNO/c1-15(22)19(24)23-18-13-9-8-12-17(18)21(4,14-20(23,2)3)16-10-6-5-7-11-16/h5-13,15H,14H2,1-4H3/t15-,21+/m1/s1. The van der Waals surface area contributed by atoms with Crippen LogP contribution in [-0.2, 0) is 10.2 Å². The Bertz CT molecular complexity index is 753. The van der Waals surface area contributed by atoms with Crippen molar-refractivity contribution in [1.82, 2.24) is 0 Å². The average molecular weight is 342 g/mol. The zero-order chi connectivity index (χ0) is 17.5. The first-order chi connectivity index (χ1) is 11.3. The summed E-state index contributed by atoms with van der Waals surface area (Å²) < 4.78 is 0. The van der Waals surface area contributed by atoms with E-state index in [-0.39, 0.29) is 16.9 Å². The van der Waals surface area contributed by atoms with E-state index in [0.29, 0.717) is 0 Å². The molecule has 0 fully saturated rings. The molecule has 0 saturated heterocycles. The van der Waals surface area contributed by atoms with Gasteiger partial charge in [0.2, 0.25) is 5.91 Å². The summed E-state index contributed by atoms with van der Waals surface area (Å²) in [6, 6.07) is 18.8. The van der Waals surface area contributed by atoms with Crippen molar-refractivity contribution in [2.24, 2.45) is 0 Å². The monoisotopic (exact) mass is 341 g/mol. The third kappa shape index (κ3) is 2.63. The normalized spacial score (nSPS) is 23.5. The number of fused-ring (bicyclic) bond motifs is 1. The SMILES string of the molecule is C[C@@H](Cl)C(=O)N1c2ccccc2[C@](C)(c2ccccc2)CC1(C)C. The number of rotatable bonds is 2. The highest BCUT2D eigenvalue weighted by Crippen LogP contribution is 2.50. The van der Waals surface area contributed by atoms with Crippen molar-refractivity contribution in [1.29, 1.82) is 0 Å². The van der Waals surface area contributed by atoms with Gasteiger partial charge in [-0.05, 0) is 44.4 Å². The Hall–Kier alpha value is -1.80. The van der Waals surface area contributed by atoms with Gasteiger partial charge in [-0.15, -0.1) is 11.6 Å². The smallest absolute Gasteiger partial charge is 0.245 e. The van der Waals surface area contributed by atoms with E-state index < -0.39 is 5.38 Å². The van der Waals surface area contributed by atoms with Crippen LogP contribution in [0.5, 0.6) is 0 Å². The van der Waals surface area contributed by atoms with Crippen molar-refractivity contribution in [3.8, 4) is 0 Å². The highest BCUT2D eigenvalue weighted by atomic mass is 35.5. The number of hydrogen-bond acceptors (Lipinski definition) is 1. The molecule has 2 aromatic rings. The Balaban J connectivity index is 2.23. The average Bonchev–Trinajstić information content (AvgIpc) is 2.54. The Morgan fingerprint density at radius 3 is 2.25 bits per heavy atom. The minimum absolute atomic E-state index is 0.0378. The molecule has 3 heteroatoms. The molecule has 2 nitrogen and oxygen atoms in total. The van der Waals surface area contributed by atoms with E-state index in [1.54, 1.807) is 6.92 Å². The Morgan fingerprint density at radius 1 is 1.04 bits per heavy atom. The molecule has 0 bridgehead atoms. The number of amides is 1. The van der Waals surface area contributed by atoms with Gasteiger partial charge < -0.3 is 4.90 Å². The molecular formula is C21H24ClNO. The second-order valence-electron chi connectivity index (χ2n) is 7.49. The van der Waals surface area contributed by atoms with Gasteiger partial charge in [0.25, 0.3) is 0 Å². The van der Waals surface area contributed by atoms with Crippen molar-refractivity contribution in [3.63, 3.8) is 0 Å². The lowest BCUT2D eigenvalue weighted by molar-refractivity contribution is -0.119. The molecule has 24 heavy (non-hydrogen) atoms. The van der Waals surface area contributed by atoms with Gasteiger partial charge in [0.1, 0.15) is 5.38 Å². The second-order valence-corrected chi connectivity index (χ2v) is 8.15. The lowest BCUT2D eigenvalue weighted by atomic mass is 9.65. The van der Waals surface area contributed by atoms with Gasteiger partial charge in [0.15, 0.2) is 0 Å². The maximum atomic E-state index is 12.8. The molecule has 0 unspecified atom stereocenters. The van der Waals surface area contributed by atoms with Crippen molar-refractivity contribution < 1.29 is 4.79 Å². The van der Waals surface area contributed by atoms with Crippen molar-refractivity contribution in [2.45, 2.75) is 50.4 Å². The Kier molecular flexibility index (Phi) is 4.21. The van der Waals surface area contributed by atoms with Crippen LogP contribution in [0.1, 0.15) is 45.2 Å². The minimum Gasteiger partial charge on any atom is -0.305 e.